The Morgan fingerprint density at radius 1 is 0.947 bits per heavy atom. The molecule has 2 heterocycles. The zero-order chi connectivity index (χ0) is 41.8. The van der Waals surface area contributed by atoms with Gasteiger partial charge < -0.3 is 28.7 Å². The Balaban J connectivity index is 1.44. The maximum atomic E-state index is 13.2. The quantitative estimate of drug-likeness (QED) is 0.0689. The van der Waals surface area contributed by atoms with Crippen LogP contribution in [-0.2, 0) is 34.1 Å². The molecule has 306 valence electrons. The minimum atomic E-state index is -4.46. The van der Waals surface area contributed by atoms with Crippen molar-refractivity contribution in [2.24, 2.45) is 5.92 Å². The molecule has 0 saturated carbocycles. The van der Waals surface area contributed by atoms with Crippen LogP contribution in [0.4, 0.5) is 17.1 Å². The topological polar surface area (TPSA) is 170 Å². The molecule has 15 nitrogen and oxygen atoms in total. The van der Waals surface area contributed by atoms with Crippen molar-refractivity contribution in [3.63, 3.8) is 0 Å². The van der Waals surface area contributed by atoms with Gasteiger partial charge in [-0.15, -0.1) is 5.06 Å². The molecule has 0 radical (unpaired) electrons. The zero-order valence-electron chi connectivity index (χ0n) is 33.8. The number of methoxy groups -OCH3 is 1. The number of Topliss-reactive ketones (excluding diaryl/α,β-unsaturated/α-hetero) is 1. The van der Waals surface area contributed by atoms with Crippen LogP contribution >= 0.6 is 0 Å². The van der Waals surface area contributed by atoms with Gasteiger partial charge in [-0.1, -0.05) is 0 Å². The van der Waals surface area contributed by atoms with E-state index in [9.17, 15) is 32.1 Å². The molecule has 1 atom stereocenters. The van der Waals surface area contributed by atoms with E-state index in [1.165, 1.54) is 0 Å². The molecule has 1 N–H and O–H groups in total. The van der Waals surface area contributed by atoms with Crippen molar-refractivity contribution in [2.75, 3.05) is 82.9 Å². The number of carbonyl (C=O) groups is 4. The second-order valence-corrected chi connectivity index (χ2v) is 16.3. The van der Waals surface area contributed by atoms with Crippen molar-refractivity contribution in [3.8, 4) is 28.2 Å². The molecule has 0 bridgehead atoms. The van der Waals surface area contributed by atoms with Crippen molar-refractivity contribution in [1.29, 1.82) is 0 Å². The first-order valence-corrected chi connectivity index (χ1v) is 20.4. The molecule has 0 spiro atoms. The highest BCUT2D eigenvalue weighted by Crippen LogP contribution is 2.47. The molecular formula is C41H52N5O10S+. The predicted molar refractivity (Wildman–Crippen MR) is 219 cm³/mol. The number of ketones is 1. The van der Waals surface area contributed by atoms with E-state index in [2.05, 4.69) is 35.2 Å². The van der Waals surface area contributed by atoms with Gasteiger partial charge in [-0.3, -0.25) is 18.9 Å². The number of carbonyl (C=O) groups excluding carboxylic acids is 4. The highest BCUT2D eigenvalue weighted by molar-refractivity contribution is 7.85. The van der Waals surface area contributed by atoms with Gasteiger partial charge in [-0.25, -0.2) is 9.37 Å². The van der Waals surface area contributed by atoms with Gasteiger partial charge in [0, 0.05) is 113 Å². The molecule has 2 amide bonds. The van der Waals surface area contributed by atoms with Crippen molar-refractivity contribution >= 4 is 61.7 Å². The Labute approximate surface area is 333 Å². The summed E-state index contributed by atoms with van der Waals surface area (Å²) in [6.45, 7) is 3.06. The summed E-state index contributed by atoms with van der Waals surface area (Å²) in [4.78, 5) is 61.4. The van der Waals surface area contributed by atoms with E-state index < -0.39 is 46.0 Å². The molecule has 2 aromatic rings. The molecule has 1 saturated heterocycles. The number of hydrogen-bond donors (Lipinski definition) is 1. The number of hydrogen-bond acceptors (Lipinski definition) is 12. The Morgan fingerprint density at radius 2 is 1.65 bits per heavy atom. The molecule has 0 aromatic heterocycles. The lowest BCUT2D eigenvalue weighted by molar-refractivity contribution is -0.200. The van der Waals surface area contributed by atoms with Crippen LogP contribution in [0.15, 0.2) is 52.9 Å². The zero-order valence-corrected chi connectivity index (χ0v) is 34.6. The standard InChI is InChI=1S/C41H51N5O10S/c1-9-45(19-10-11-29(47)21-26(18-20-57(51,52)53)41(50)56-46-38(48)16-17-39(46)49)34-25-35(54-8)32(24-33(34)44(6)7)40-30-14-12-27(42(2)3)22-36(30)55-37-23-28(43(4)5)13-15-31(37)40/h12-15,22-26H,9-11,16-21H2,1-8H3/p+1. The summed E-state index contributed by atoms with van der Waals surface area (Å²) in [6, 6.07) is 16.4. The van der Waals surface area contributed by atoms with Crippen LogP contribution in [0.1, 0.15) is 45.4 Å². The number of imide groups is 1. The van der Waals surface area contributed by atoms with Crippen LogP contribution in [-0.4, -0.2) is 110 Å². The van der Waals surface area contributed by atoms with Crippen LogP contribution < -0.4 is 29.4 Å². The molecule has 1 fully saturated rings. The van der Waals surface area contributed by atoms with Gasteiger partial charge in [-0.2, -0.15) is 8.42 Å². The Bertz CT molecular complexity index is 2320. The Hall–Kier alpha value is -5.48. The van der Waals surface area contributed by atoms with E-state index in [0.29, 0.717) is 30.3 Å². The van der Waals surface area contributed by atoms with Gasteiger partial charge in [0.25, 0.3) is 21.9 Å². The van der Waals surface area contributed by atoms with Gasteiger partial charge in [0.05, 0.1) is 36.2 Å². The van der Waals surface area contributed by atoms with Crippen molar-refractivity contribution < 1.29 is 46.1 Å². The number of benzene rings is 3. The number of nitrogens with zero attached hydrogens (tertiary/aromatic N) is 5. The van der Waals surface area contributed by atoms with Crippen LogP contribution in [0, 0.1) is 5.92 Å². The van der Waals surface area contributed by atoms with Crippen LogP contribution in [0.5, 0.6) is 5.75 Å². The minimum absolute atomic E-state index is 0.0512. The maximum Gasteiger partial charge on any atom is 0.336 e. The summed E-state index contributed by atoms with van der Waals surface area (Å²) < 4.78 is 47.0. The first-order chi connectivity index (χ1) is 26.9. The summed E-state index contributed by atoms with van der Waals surface area (Å²) >= 11 is 0. The maximum absolute atomic E-state index is 13.2. The van der Waals surface area contributed by atoms with E-state index >= 15 is 0 Å². The van der Waals surface area contributed by atoms with E-state index in [0.717, 1.165) is 55.8 Å². The summed E-state index contributed by atoms with van der Waals surface area (Å²) in [5.41, 5.74) is 6.27. The molecular weight excluding hydrogens is 755 g/mol. The lowest BCUT2D eigenvalue weighted by atomic mass is 9.92. The lowest BCUT2D eigenvalue weighted by Gasteiger charge is -2.30. The fraction of sp³-hybridized carbons (Fsp3) is 0.439. The monoisotopic (exact) mass is 806 g/mol. The summed E-state index contributed by atoms with van der Waals surface area (Å²) in [5, 5.41) is 2.27. The molecule has 1 unspecified atom stereocenters. The number of rotatable bonds is 17. The van der Waals surface area contributed by atoms with Gasteiger partial charge in [0.15, 0.2) is 0 Å². The second kappa shape index (κ2) is 17.8. The first-order valence-electron chi connectivity index (χ1n) is 18.8. The van der Waals surface area contributed by atoms with Gasteiger partial charge in [0.1, 0.15) is 37.0 Å². The van der Waals surface area contributed by atoms with Crippen LogP contribution in [0.3, 0.4) is 0 Å². The number of amides is 2. The fourth-order valence-electron chi connectivity index (χ4n) is 6.96. The highest BCUT2D eigenvalue weighted by atomic mass is 32.2. The average Bonchev–Trinajstić information content (AvgIpc) is 3.47. The van der Waals surface area contributed by atoms with Gasteiger partial charge in [0.2, 0.25) is 5.36 Å². The Morgan fingerprint density at radius 3 is 2.25 bits per heavy atom. The SMILES string of the molecule is CCN(CCCC(=O)CC(CCS(=O)(=O)O)C(=O)ON1C(=O)CCC1=O)c1cc(OC)c(-c2c3ccc(=[N+](C)C)cc-3oc3cc(N(C)C)ccc23)cc1N(C)C. The van der Waals surface area contributed by atoms with E-state index in [-0.39, 0.29) is 31.5 Å². The minimum Gasteiger partial charge on any atom is -0.496 e. The third kappa shape index (κ3) is 9.92. The third-order valence-corrected chi connectivity index (χ3v) is 10.8. The number of fused-ring (bicyclic) bond motifs is 2. The number of anilines is 3. The molecule has 1 aliphatic carbocycles. The largest absolute Gasteiger partial charge is 0.496 e. The highest BCUT2D eigenvalue weighted by Gasteiger charge is 2.36. The van der Waals surface area contributed by atoms with Crippen LogP contribution in [0.25, 0.3) is 33.4 Å². The number of ether oxygens (including phenoxy) is 1. The average molecular weight is 807 g/mol. The molecule has 2 aromatic carbocycles. The summed E-state index contributed by atoms with van der Waals surface area (Å²) in [5.74, 6) is -3.55. The molecule has 16 heteroatoms. The first kappa shape index (κ1) is 42.7. The number of hydroxylamine groups is 2. The summed E-state index contributed by atoms with van der Waals surface area (Å²) in [7, 11) is 9.04. The second-order valence-electron chi connectivity index (χ2n) is 14.8. The fourth-order valence-corrected chi connectivity index (χ4v) is 7.54. The van der Waals surface area contributed by atoms with Crippen molar-refractivity contribution in [1.82, 2.24) is 9.64 Å². The normalized spacial score (nSPS) is 13.6. The van der Waals surface area contributed by atoms with E-state index in [4.69, 9.17) is 14.0 Å². The molecule has 3 aliphatic rings. The van der Waals surface area contributed by atoms with Gasteiger partial charge >= 0.3 is 5.97 Å². The van der Waals surface area contributed by atoms with E-state index in [1.54, 1.807) is 7.11 Å². The van der Waals surface area contributed by atoms with Crippen LogP contribution in [0.2, 0.25) is 0 Å². The molecule has 57 heavy (non-hydrogen) atoms. The smallest absolute Gasteiger partial charge is 0.336 e. The van der Waals surface area contributed by atoms with Crippen molar-refractivity contribution in [3.05, 3.63) is 53.9 Å². The lowest BCUT2D eigenvalue weighted by Crippen LogP contribution is -2.35. The van der Waals surface area contributed by atoms with E-state index in [1.807, 2.05) is 81.8 Å². The predicted octanol–water partition coefficient (Wildman–Crippen LogP) is 4.44. The summed E-state index contributed by atoms with van der Waals surface area (Å²) in [6.07, 6.45) is -0.609. The molecule has 5 rings (SSSR count). The molecule has 2 aliphatic heterocycles. The Kier molecular flexibility index (Phi) is 13.3. The van der Waals surface area contributed by atoms with Crippen molar-refractivity contribution in [2.45, 2.75) is 45.4 Å². The van der Waals surface area contributed by atoms with Gasteiger partial charge in [-0.05, 0) is 44.0 Å². The third-order valence-electron chi connectivity index (χ3n) is 10.1.